The van der Waals surface area contributed by atoms with Crippen molar-refractivity contribution in [3.8, 4) is 0 Å². The molecule has 0 saturated heterocycles. The number of methoxy groups -OCH3 is 1. The minimum Gasteiger partial charge on any atom is -0.377 e. The van der Waals surface area contributed by atoms with Crippen LogP contribution >= 0.6 is 23.4 Å². The SMILES string of the molecule is COC(C)(C)CNC1CCSc2ccc(Cl)cc21. The van der Waals surface area contributed by atoms with E-state index in [0.29, 0.717) is 6.04 Å². The second-order valence-electron chi connectivity index (χ2n) is 5.22. The van der Waals surface area contributed by atoms with Crippen molar-refractivity contribution in [2.24, 2.45) is 0 Å². The molecule has 1 aliphatic heterocycles. The summed E-state index contributed by atoms with van der Waals surface area (Å²) in [5.41, 5.74) is 1.19. The molecule has 1 unspecified atom stereocenters. The molecular weight excluding hydrogens is 266 g/mol. The molecule has 4 heteroatoms. The molecule has 0 spiro atoms. The van der Waals surface area contributed by atoms with E-state index in [2.05, 4.69) is 31.3 Å². The van der Waals surface area contributed by atoms with Crippen molar-refractivity contribution in [1.29, 1.82) is 0 Å². The van der Waals surface area contributed by atoms with Crippen molar-refractivity contribution in [2.45, 2.75) is 36.8 Å². The number of rotatable bonds is 4. The van der Waals surface area contributed by atoms with Gasteiger partial charge in [-0.05, 0) is 49.8 Å². The van der Waals surface area contributed by atoms with E-state index < -0.39 is 0 Å². The van der Waals surface area contributed by atoms with Crippen LogP contribution in [0.3, 0.4) is 0 Å². The molecule has 0 fully saturated rings. The molecule has 0 aromatic heterocycles. The van der Waals surface area contributed by atoms with Gasteiger partial charge in [0, 0.05) is 29.6 Å². The molecule has 0 amide bonds. The Kier molecular flexibility index (Phi) is 4.59. The molecule has 2 nitrogen and oxygen atoms in total. The van der Waals surface area contributed by atoms with E-state index in [0.717, 1.165) is 23.7 Å². The Labute approximate surface area is 118 Å². The molecule has 0 aliphatic carbocycles. The molecule has 1 aromatic rings. The van der Waals surface area contributed by atoms with Crippen LogP contribution in [0.25, 0.3) is 0 Å². The third-order valence-electron chi connectivity index (χ3n) is 3.34. The Morgan fingerprint density at radius 3 is 3.00 bits per heavy atom. The molecule has 0 saturated carbocycles. The molecule has 1 aliphatic rings. The number of thioether (sulfide) groups is 1. The zero-order valence-corrected chi connectivity index (χ0v) is 12.7. The van der Waals surface area contributed by atoms with Crippen molar-refractivity contribution in [3.63, 3.8) is 0 Å². The second-order valence-corrected chi connectivity index (χ2v) is 6.79. The molecule has 0 bridgehead atoms. The minimum absolute atomic E-state index is 0.136. The van der Waals surface area contributed by atoms with Gasteiger partial charge in [0.2, 0.25) is 0 Å². The van der Waals surface area contributed by atoms with Crippen molar-refractivity contribution in [1.82, 2.24) is 5.32 Å². The van der Waals surface area contributed by atoms with Gasteiger partial charge < -0.3 is 10.1 Å². The van der Waals surface area contributed by atoms with Gasteiger partial charge in [-0.15, -0.1) is 11.8 Å². The Balaban J connectivity index is 2.10. The predicted octanol–water partition coefficient (Wildman–Crippen LogP) is 3.89. The summed E-state index contributed by atoms with van der Waals surface area (Å²) in [6, 6.07) is 6.56. The first kappa shape index (κ1) is 14.2. The molecule has 2 rings (SSSR count). The third-order valence-corrected chi connectivity index (χ3v) is 4.70. The lowest BCUT2D eigenvalue weighted by atomic mass is 10.0. The lowest BCUT2D eigenvalue weighted by molar-refractivity contribution is 0.0208. The summed E-state index contributed by atoms with van der Waals surface area (Å²) in [6.45, 7) is 5.03. The first-order valence-electron chi connectivity index (χ1n) is 6.22. The zero-order chi connectivity index (χ0) is 13.2. The van der Waals surface area contributed by atoms with Crippen LogP contribution in [0, 0.1) is 0 Å². The molecular formula is C14H20ClNOS. The highest BCUT2D eigenvalue weighted by molar-refractivity contribution is 7.99. The summed E-state index contributed by atoms with van der Waals surface area (Å²) >= 11 is 8.01. The van der Waals surface area contributed by atoms with E-state index >= 15 is 0 Å². The third kappa shape index (κ3) is 3.41. The molecule has 0 radical (unpaired) electrons. The van der Waals surface area contributed by atoms with Gasteiger partial charge in [-0.25, -0.2) is 0 Å². The molecule has 1 aromatic carbocycles. The molecule has 1 heterocycles. The van der Waals surface area contributed by atoms with Crippen LogP contribution in [0.15, 0.2) is 23.1 Å². The Bertz CT molecular complexity index is 422. The highest BCUT2D eigenvalue weighted by atomic mass is 35.5. The van der Waals surface area contributed by atoms with Crippen molar-refractivity contribution in [2.75, 3.05) is 19.4 Å². The maximum atomic E-state index is 6.10. The summed E-state index contributed by atoms with van der Waals surface area (Å²) < 4.78 is 5.45. The van der Waals surface area contributed by atoms with Crippen molar-refractivity contribution in [3.05, 3.63) is 28.8 Å². The maximum absolute atomic E-state index is 6.10. The van der Waals surface area contributed by atoms with Gasteiger partial charge in [0.15, 0.2) is 0 Å². The first-order chi connectivity index (χ1) is 8.52. The topological polar surface area (TPSA) is 21.3 Å². The lowest BCUT2D eigenvalue weighted by Gasteiger charge is -2.30. The second kappa shape index (κ2) is 5.83. The van der Waals surface area contributed by atoms with Gasteiger partial charge >= 0.3 is 0 Å². The van der Waals surface area contributed by atoms with Gasteiger partial charge in [0.25, 0.3) is 0 Å². The van der Waals surface area contributed by atoms with E-state index in [4.69, 9.17) is 16.3 Å². The normalized spacial score (nSPS) is 19.7. The fourth-order valence-corrected chi connectivity index (χ4v) is 3.30. The fraction of sp³-hybridized carbons (Fsp3) is 0.571. The number of fused-ring (bicyclic) bond motifs is 1. The highest BCUT2D eigenvalue weighted by Crippen LogP contribution is 2.37. The number of hydrogen-bond acceptors (Lipinski definition) is 3. The van der Waals surface area contributed by atoms with Crippen LogP contribution in [-0.4, -0.2) is 25.0 Å². The van der Waals surface area contributed by atoms with Crippen LogP contribution in [0.4, 0.5) is 0 Å². The zero-order valence-electron chi connectivity index (χ0n) is 11.1. The van der Waals surface area contributed by atoms with Gasteiger partial charge in [-0.2, -0.15) is 0 Å². The summed E-state index contributed by atoms with van der Waals surface area (Å²) in [4.78, 5) is 1.35. The van der Waals surface area contributed by atoms with Crippen LogP contribution in [0.2, 0.25) is 5.02 Å². The Hall–Kier alpha value is -0.220. The molecule has 1 N–H and O–H groups in total. The standard InChI is InChI=1S/C14H20ClNOS/c1-14(2,17-3)9-16-12-6-7-18-13-5-4-10(15)8-11(12)13/h4-5,8,12,16H,6-7,9H2,1-3H3. The largest absolute Gasteiger partial charge is 0.377 e. The monoisotopic (exact) mass is 285 g/mol. The van der Waals surface area contributed by atoms with Gasteiger partial charge in [-0.1, -0.05) is 11.6 Å². The maximum Gasteiger partial charge on any atom is 0.0746 e. The van der Waals surface area contributed by atoms with Crippen LogP contribution in [0.5, 0.6) is 0 Å². The number of hydrogen-bond donors (Lipinski definition) is 1. The van der Waals surface area contributed by atoms with E-state index in [1.165, 1.54) is 10.5 Å². The quantitative estimate of drug-likeness (QED) is 0.907. The molecule has 1 atom stereocenters. The summed E-state index contributed by atoms with van der Waals surface area (Å²) in [5, 5.41) is 4.41. The number of benzene rings is 1. The van der Waals surface area contributed by atoms with Gasteiger partial charge in [0.1, 0.15) is 0 Å². The van der Waals surface area contributed by atoms with Gasteiger partial charge in [-0.3, -0.25) is 0 Å². The molecule has 18 heavy (non-hydrogen) atoms. The average molecular weight is 286 g/mol. The van der Waals surface area contributed by atoms with Crippen LogP contribution in [0.1, 0.15) is 31.9 Å². The van der Waals surface area contributed by atoms with E-state index in [1.54, 1.807) is 7.11 Å². The predicted molar refractivity (Wildman–Crippen MR) is 78.6 cm³/mol. The smallest absolute Gasteiger partial charge is 0.0746 e. The Morgan fingerprint density at radius 1 is 1.50 bits per heavy atom. The number of halogens is 1. The average Bonchev–Trinajstić information content (AvgIpc) is 2.36. The van der Waals surface area contributed by atoms with E-state index in [1.807, 2.05) is 17.8 Å². The summed E-state index contributed by atoms with van der Waals surface area (Å²) in [6.07, 6.45) is 1.14. The lowest BCUT2D eigenvalue weighted by Crippen LogP contribution is -2.39. The van der Waals surface area contributed by atoms with E-state index in [-0.39, 0.29) is 5.60 Å². The summed E-state index contributed by atoms with van der Waals surface area (Å²) in [5.74, 6) is 1.15. The van der Waals surface area contributed by atoms with Gasteiger partial charge in [0.05, 0.1) is 5.60 Å². The summed E-state index contributed by atoms with van der Waals surface area (Å²) in [7, 11) is 1.75. The van der Waals surface area contributed by atoms with Crippen molar-refractivity contribution < 1.29 is 4.74 Å². The van der Waals surface area contributed by atoms with Crippen LogP contribution < -0.4 is 5.32 Å². The highest BCUT2D eigenvalue weighted by Gasteiger charge is 2.24. The number of ether oxygens (including phenoxy) is 1. The van der Waals surface area contributed by atoms with Crippen molar-refractivity contribution >= 4 is 23.4 Å². The fourth-order valence-electron chi connectivity index (χ4n) is 2.02. The van der Waals surface area contributed by atoms with E-state index in [9.17, 15) is 0 Å². The first-order valence-corrected chi connectivity index (χ1v) is 7.59. The molecule has 100 valence electrons. The number of nitrogens with one attached hydrogen (secondary N) is 1. The minimum atomic E-state index is -0.136. The van der Waals surface area contributed by atoms with Crippen LogP contribution in [-0.2, 0) is 4.74 Å². The Morgan fingerprint density at radius 2 is 2.28 bits per heavy atom.